The van der Waals surface area contributed by atoms with Crippen LogP contribution in [0.2, 0.25) is 0 Å². The summed E-state index contributed by atoms with van der Waals surface area (Å²) in [7, 11) is 0. The van der Waals surface area contributed by atoms with Crippen LogP contribution in [0, 0.1) is 0 Å². The van der Waals surface area contributed by atoms with Crippen molar-refractivity contribution in [3.63, 3.8) is 0 Å². The highest BCUT2D eigenvalue weighted by Crippen LogP contribution is 2.14. The number of rotatable bonds is 23. The van der Waals surface area contributed by atoms with Crippen molar-refractivity contribution in [3.8, 4) is 0 Å². The lowest BCUT2D eigenvalue weighted by atomic mass is 9.98. The van der Waals surface area contributed by atoms with Crippen molar-refractivity contribution in [2.75, 3.05) is 13.1 Å². The number of carbonyl (C=O) groups excluding carboxylic acids is 1. The van der Waals surface area contributed by atoms with Gasteiger partial charge in [-0.3, -0.25) is 14.9 Å². The van der Waals surface area contributed by atoms with Crippen molar-refractivity contribution in [1.29, 1.82) is 0 Å². The first-order valence-electron chi connectivity index (χ1n) is 13.1. The summed E-state index contributed by atoms with van der Waals surface area (Å²) >= 11 is 0. The van der Waals surface area contributed by atoms with Gasteiger partial charge in [-0.2, -0.15) is 0 Å². The minimum Gasteiger partial charge on any atom is -0.480 e. The van der Waals surface area contributed by atoms with Gasteiger partial charge in [0.1, 0.15) is 6.04 Å². The van der Waals surface area contributed by atoms with Crippen molar-refractivity contribution in [2.24, 2.45) is 0 Å². The summed E-state index contributed by atoms with van der Waals surface area (Å²) in [5.74, 6) is -2.77. The van der Waals surface area contributed by atoms with Crippen LogP contribution in [0.25, 0.3) is 0 Å². The smallest absolute Gasteiger partial charge is 0.344 e. The van der Waals surface area contributed by atoms with E-state index in [-0.39, 0.29) is 12.8 Å². The Morgan fingerprint density at radius 3 is 1.73 bits per heavy atom. The Morgan fingerprint density at radius 2 is 1.24 bits per heavy atom. The van der Waals surface area contributed by atoms with E-state index in [1.165, 1.54) is 25.7 Å². The Hall–Kier alpha value is -1.67. The second-order valence-electron chi connectivity index (χ2n) is 9.02. The molecule has 2 atom stereocenters. The highest BCUT2D eigenvalue weighted by atomic mass is 16.4. The summed E-state index contributed by atoms with van der Waals surface area (Å²) in [4.78, 5) is 36.5. The van der Waals surface area contributed by atoms with Crippen molar-refractivity contribution < 1.29 is 24.6 Å². The van der Waals surface area contributed by atoms with E-state index in [9.17, 15) is 24.6 Å². The minimum absolute atomic E-state index is 0.191. The molecule has 0 aromatic carbocycles. The summed E-state index contributed by atoms with van der Waals surface area (Å²) in [5.41, 5.74) is -1.81. The molecule has 5 N–H and O–H groups in total. The Morgan fingerprint density at radius 1 is 0.727 bits per heavy atom. The maximum absolute atomic E-state index is 12.3. The summed E-state index contributed by atoms with van der Waals surface area (Å²) in [6.07, 6.45) is 13.3. The topological polar surface area (TPSA) is 128 Å². The Bertz CT molecular complexity index is 544. The van der Waals surface area contributed by atoms with E-state index in [0.29, 0.717) is 19.5 Å². The quantitative estimate of drug-likeness (QED) is 0.110. The summed E-state index contributed by atoms with van der Waals surface area (Å²) in [6.45, 7) is 7.05. The molecule has 0 aliphatic rings. The normalized spacial score (nSPS) is 13.9. The maximum atomic E-state index is 12.3. The van der Waals surface area contributed by atoms with E-state index in [0.717, 1.165) is 51.4 Å². The number of carboxylic acid groups (broad SMARTS) is 2. The number of carbonyl (C=O) groups is 3. The van der Waals surface area contributed by atoms with E-state index in [2.05, 4.69) is 29.8 Å². The zero-order valence-electron chi connectivity index (χ0n) is 21.2. The third-order valence-electron chi connectivity index (χ3n) is 5.88. The fraction of sp³-hybridized carbons (Fsp3) is 0.880. The molecule has 0 fully saturated rings. The number of amides is 1. The molecule has 0 aliphatic heterocycles. The van der Waals surface area contributed by atoms with Gasteiger partial charge in [-0.15, -0.1) is 0 Å². The van der Waals surface area contributed by atoms with E-state index in [1.54, 1.807) is 0 Å². The molecule has 0 aliphatic carbocycles. The van der Waals surface area contributed by atoms with Gasteiger partial charge in [-0.1, -0.05) is 85.0 Å². The molecule has 0 aromatic rings. The van der Waals surface area contributed by atoms with Crippen LogP contribution >= 0.6 is 0 Å². The molecule has 0 radical (unpaired) electrons. The predicted octanol–water partition coefficient (Wildman–Crippen LogP) is 4.43. The molecule has 0 heterocycles. The average molecular weight is 472 g/mol. The molecule has 0 saturated heterocycles. The fourth-order valence-electron chi connectivity index (χ4n) is 3.85. The van der Waals surface area contributed by atoms with E-state index in [1.807, 2.05) is 6.92 Å². The zero-order valence-corrected chi connectivity index (χ0v) is 21.2. The second kappa shape index (κ2) is 19.8. The Labute approximate surface area is 200 Å². The lowest BCUT2D eigenvalue weighted by Gasteiger charge is -2.34. The van der Waals surface area contributed by atoms with Crippen molar-refractivity contribution in [2.45, 2.75) is 129 Å². The molecule has 0 spiro atoms. The van der Waals surface area contributed by atoms with Gasteiger partial charge in [0.25, 0.3) is 0 Å². The first-order chi connectivity index (χ1) is 15.8. The Balaban J connectivity index is 5.05. The van der Waals surface area contributed by atoms with Crippen LogP contribution in [0.5, 0.6) is 0 Å². The number of hydrogen-bond donors (Lipinski definition) is 5. The Kier molecular flexibility index (Phi) is 18.8. The van der Waals surface area contributed by atoms with Crippen molar-refractivity contribution in [1.82, 2.24) is 16.0 Å². The second-order valence-corrected chi connectivity index (χ2v) is 9.02. The van der Waals surface area contributed by atoms with E-state index in [4.69, 9.17) is 0 Å². The SMILES string of the molecule is CCCCCCCCNC(C[C@](NCCCCCCCC)(NC(=O)CCC)C(=O)O)C(=O)O. The fourth-order valence-corrected chi connectivity index (χ4v) is 3.85. The summed E-state index contributed by atoms with van der Waals surface area (Å²) in [5, 5.41) is 28.3. The zero-order chi connectivity index (χ0) is 25.0. The average Bonchev–Trinajstić information content (AvgIpc) is 2.76. The van der Waals surface area contributed by atoms with Crippen LogP contribution in [-0.4, -0.2) is 52.9 Å². The standard InChI is InChI=1S/C25H49N3O5/c1-4-7-9-11-13-15-18-26-21(23(30)31)20-25(24(32)33,28-22(29)17-6-3)27-19-16-14-12-10-8-5-2/h21,26-27H,4-20H2,1-3H3,(H,28,29)(H,30,31)(H,32,33)/t21?,25-/m0/s1. The molecule has 8 heteroatoms. The number of aliphatic carboxylic acids is 2. The molecule has 0 saturated carbocycles. The summed E-state index contributed by atoms with van der Waals surface area (Å²) in [6, 6.07) is -1.07. The van der Waals surface area contributed by atoms with Gasteiger partial charge < -0.3 is 20.8 Å². The van der Waals surface area contributed by atoms with E-state index < -0.39 is 29.6 Å². The molecule has 33 heavy (non-hydrogen) atoms. The third kappa shape index (κ3) is 15.0. The highest BCUT2D eigenvalue weighted by Gasteiger charge is 2.43. The van der Waals surface area contributed by atoms with Crippen molar-refractivity contribution in [3.05, 3.63) is 0 Å². The minimum atomic E-state index is -1.81. The van der Waals surface area contributed by atoms with Crippen LogP contribution in [0.3, 0.4) is 0 Å². The first kappa shape index (κ1) is 31.3. The first-order valence-corrected chi connectivity index (χ1v) is 13.1. The van der Waals surface area contributed by atoms with Gasteiger partial charge in [0.2, 0.25) is 5.91 Å². The maximum Gasteiger partial charge on any atom is 0.344 e. The lowest BCUT2D eigenvalue weighted by molar-refractivity contribution is -0.152. The van der Waals surface area contributed by atoms with Gasteiger partial charge in [0.15, 0.2) is 5.66 Å². The number of hydrogen-bond acceptors (Lipinski definition) is 5. The van der Waals surface area contributed by atoms with E-state index >= 15 is 0 Å². The molecule has 0 rings (SSSR count). The number of unbranched alkanes of at least 4 members (excludes halogenated alkanes) is 10. The molecule has 0 aromatic heterocycles. The van der Waals surface area contributed by atoms with Gasteiger partial charge >= 0.3 is 11.9 Å². The lowest BCUT2D eigenvalue weighted by Crippen LogP contribution is -2.67. The van der Waals surface area contributed by atoms with Crippen LogP contribution in [0.4, 0.5) is 0 Å². The predicted molar refractivity (Wildman–Crippen MR) is 132 cm³/mol. The molecule has 1 unspecified atom stereocenters. The van der Waals surface area contributed by atoms with Gasteiger partial charge in [0.05, 0.1) is 0 Å². The number of carboxylic acids is 2. The molecule has 1 amide bonds. The monoisotopic (exact) mass is 471 g/mol. The molecular weight excluding hydrogens is 422 g/mol. The van der Waals surface area contributed by atoms with Crippen LogP contribution in [-0.2, 0) is 14.4 Å². The molecule has 194 valence electrons. The number of nitrogens with one attached hydrogen (secondary N) is 3. The highest BCUT2D eigenvalue weighted by molar-refractivity contribution is 5.87. The summed E-state index contributed by atoms with van der Waals surface area (Å²) < 4.78 is 0. The van der Waals surface area contributed by atoms with Gasteiger partial charge in [-0.25, -0.2) is 4.79 Å². The largest absolute Gasteiger partial charge is 0.480 e. The van der Waals surface area contributed by atoms with Crippen LogP contribution in [0.1, 0.15) is 117 Å². The van der Waals surface area contributed by atoms with Crippen molar-refractivity contribution >= 4 is 17.8 Å². The van der Waals surface area contributed by atoms with Crippen LogP contribution < -0.4 is 16.0 Å². The third-order valence-corrected chi connectivity index (χ3v) is 5.88. The van der Waals surface area contributed by atoms with Crippen LogP contribution in [0.15, 0.2) is 0 Å². The van der Waals surface area contributed by atoms with Gasteiger partial charge in [0, 0.05) is 12.8 Å². The molecule has 0 bridgehead atoms. The molecular formula is C25H49N3O5. The van der Waals surface area contributed by atoms with Gasteiger partial charge in [-0.05, 0) is 32.4 Å². The molecule has 8 nitrogen and oxygen atoms in total.